The molecule has 0 radical (unpaired) electrons. The van der Waals surface area contributed by atoms with E-state index in [9.17, 15) is 4.79 Å². The molecule has 0 fully saturated rings. The third-order valence-electron chi connectivity index (χ3n) is 3.40. The third kappa shape index (κ3) is 3.92. The van der Waals surface area contributed by atoms with Crippen LogP contribution in [0.4, 0.5) is 0 Å². The second kappa shape index (κ2) is 6.71. The fourth-order valence-corrected chi connectivity index (χ4v) is 2.79. The normalized spacial score (nSPS) is 16.4. The van der Waals surface area contributed by atoms with Gasteiger partial charge in [-0.1, -0.05) is 43.1 Å². The van der Waals surface area contributed by atoms with Crippen LogP contribution in [-0.4, -0.2) is 23.4 Å². The molecule has 0 spiro atoms. The van der Waals surface area contributed by atoms with Crippen molar-refractivity contribution in [2.75, 3.05) is 6.54 Å². The minimum atomic E-state index is -0.0173. The maximum absolute atomic E-state index is 12.1. The van der Waals surface area contributed by atoms with Crippen molar-refractivity contribution in [2.45, 2.75) is 33.2 Å². The Kier molecular flexibility index (Phi) is 5.17. The predicted octanol–water partition coefficient (Wildman–Crippen LogP) is 4.53. The number of hydrogen-bond acceptors (Lipinski definition) is 2. The molecule has 1 aliphatic rings. The number of amides is 1. The second-order valence-corrected chi connectivity index (χ2v) is 6.49. The average molecular weight is 328 g/mol. The lowest BCUT2D eigenvalue weighted by molar-refractivity contribution is -0.126. The summed E-state index contributed by atoms with van der Waals surface area (Å²) in [5.41, 5.74) is 0. The minimum Gasteiger partial charge on any atom is -0.458 e. The van der Waals surface area contributed by atoms with Gasteiger partial charge in [-0.2, -0.15) is 0 Å². The van der Waals surface area contributed by atoms with Crippen molar-refractivity contribution >= 4 is 29.1 Å². The van der Waals surface area contributed by atoms with E-state index in [2.05, 4.69) is 20.8 Å². The van der Waals surface area contributed by atoms with Gasteiger partial charge in [0.05, 0.1) is 11.6 Å². The van der Waals surface area contributed by atoms with E-state index in [1.165, 1.54) is 6.08 Å². The Hall–Kier alpha value is -1.19. The highest BCUT2D eigenvalue weighted by Gasteiger charge is 2.28. The van der Waals surface area contributed by atoms with Crippen LogP contribution in [-0.2, 0) is 4.79 Å². The molecule has 0 N–H and O–H groups in total. The van der Waals surface area contributed by atoms with Crippen LogP contribution in [0.1, 0.15) is 27.2 Å². The van der Waals surface area contributed by atoms with Gasteiger partial charge in [0.25, 0.3) is 5.91 Å². The first-order valence-electron chi connectivity index (χ1n) is 7.01. The summed E-state index contributed by atoms with van der Waals surface area (Å²) in [5.74, 6) is 1.60. The van der Waals surface area contributed by atoms with Gasteiger partial charge in [-0.3, -0.25) is 4.79 Å². The highest BCUT2D eigenvalue weighted by atomic mass is 35.5. The molecule has 0 saturated carbocycles. The lowest BCUT2D eigenvalue weighted by Gasteiger charge is -2.26. The van der Waals surface area contributed by atoms with Gasteiger partial charge in [-0.15, -0.1) is 0 Å². The number of carbonyl (C=O) groups excluding carboxylic acids is 1. The van der Waals surface area contributed by atoms with E-state index in [1.807, 2.05) is 4.90 Å². The van der Waals surface area contributed by atoms with Crippen LogP contribution in [0.5, 0.6) is 5.75 Å². The monoisotopic (exact) mass is 327 g/mol. The molecular formula is C16H19Cl2NO2. The molecule has 1 atom stereocenters. The SMILES string of the molecule is CC(C)C[C@H](C)N1CC(Oc2cccc(Cl)c2Cl)=CC1=O. The van der Waals surface area contributed by atoms with Crippen LogP contribution in [0, 0.1) is 5.92 Å². The standard InChI is InChI=1S/C16H19Cl2NO2/c1-10(2)7-11(3)19-9-12(8-15(19)20)21-14-6-4-5-13(17)16(14)18/h4-6,8,10-11H,7,9H2,1-3H3/t11-/m0/s1. The van der Waals surface area contributed by atoms with Crippen LogP contribution < -0.4 is 4.74 Å². The Bertz CT molecular complexity index is 569. The zero-order chi connectivity index (χ0) is 15.6. The molecule has 1 aromatic carbocycles. The first-order chi connectivity index (χ1) is 9.88. The van der Waals surface area contributed by atoms with E-state index in [1.54, 1.807) is 18.2 Å². The molecule has 1 aromatic rings. The second-order valence-electron chi connectivity index (χ2n) is 5.71. The van der Waals surface area contributed by atoms with Crippen LogP contribution in [0.3, 0.4) is 0 Å². The summed E-state index contributed by atoms with van der Waals surface area (Å²) in [7, 11) is 0. The molecule has 0 aliphatic carbocycles. The van der Waals surface area contributed by atoms with Gasteiger partial charge in [0.2, 0.25) is 0 Å². The van der Waals surface area contributed by atoms with Crippen LogP contribution in [0.25, 0.3) is 0 Å². The van der Waals surface area contributed by atoms with Crippen molar-refractivity contribution in [2.24, 2.45) is 5.92 Å². The maximum Gasteiger partial charge on any atom is 0.250 e. The number of nitrogens with zero attached hydrogens (tertiary/aromatic N) is 1. The summed E-state index contributed by atoms with van der Waals surface area (Å²) < 4.78 is 5.72. The largest absolute Gasteiger partial charge is 0.458 e. The van der Waals surface area contributed by atoms with Crippen molar-refractivity contribution in [3.05, 3.63) is 40.1 Å². The van der Waals surface area contributed by atoms with E-state index < -0.39 is 0 Å². The van der Waals surface area contributed by atoms with Crippen LogP contribution in [0.15, 0.2) is 30.0 Å². The van der Waals surface area contributed by atoms with Gasteiger partial charge in [0.15, 0.2) is 0 Å². The van der Waals surface area contributed by atoms with Gasteiger partial charge in [0.1, 0.15) is 16.5 Å². The van der Waals surface area contributed by atoms with Gasteiger partial charge >= 0.3 is 0 Å². The molecule has 1 aliphatic heterocycles. The van der Waals surface area contributed by atoms with Gasteiger partial charge < -0.3 is 9.64 Å². The Labute approximate surface area is 135 Å². The molecule has 21 heavy (non-hydrogen) atoms. The average Bonchev–Trinajstić information content (AvgIpc) is 2.75. The molecule has 0 saturated heterocycles. The van der Waals surface area contributed by atoms with E-state index in [0.29, 0.717) is 34.0 Å². The van der Waals surface area contributed by atoms with Gasteiger partial charge in [-0.05, 0) is 31.4 Å². The van der Waals surface area contributed by atoms with Gasteiger partial charge in [-0.25, -0.2) is 0 Å². The molecule has 2 rings (SSSR count). The number of halogens is 2. The number of carbonyl (C=O) groups is 1. The highest BCUT2D eigenvalue weighted by Crippen LogP contribution is 2.33. The summed E-state index contributed by atoms with van der Waals surface area (Å²) in [6.07, 6.45) is 2.48. The Morgan fingerprint density at radius 3 is 2.67 bits per heavy atom. The predicted molar refractivity (Wildman–Crippen MR) is 85.8 cm³/mol. The van der Waals surface area contributed by atoms with Crippen molar-refractivity contribution in [1.29, 1.82) is 0 Å². The Morgan fingerprint density at radius 2 is 2.00 bits per heavy atom. The minimum absolute atomic E-state index is 0.0173. The van der Waals surface area contributed by atoms with E-state index in [0.717, 1.165) is 6.42 Å². The molecule has 1 heterocycles. The Morgan fingerprint density at radius 1 is 1.29 bits per heavy atom. The molecule has 5 heteroatoms. The van der Waals surface area contributed by atoms with E-state index in [4.69, 9.17) is 27.9 Å². The molecule has 0 unspecified atom stereocenters. The highest BCUT2D eigenvalue weighted by molar-refractivity contribution is 6.42. The zero-order valence-electron chi connectivity index (χ0n) is 12.4. The summed E-state index contributed by atoms with van der Waals surface area (Å²) in [4.78, 5) is 13.9. The molecule has 1 amide bonds. The molecular weight excluding hydrogens is 309 g/mol. The van der Waals surface area contributed by atoms with E-state index in [-0.39, 0.29) is 11.9 Å². The zero-order valence-corrected chi connectivity index (χ0v) is 13.9. The fourth-order valence-electron chi connectivity index (χ4n) is 2.46. The summed E-state index contributed by atoms with van der Waals surface area (Å²) >= 11 is 12.0. The summed E-state index contributed by atoms with van der Waals surface area (Å²) in [5, 5.41) is 0.797. The number of hydrogen-bond donors (Lipinski definition) is 0. The fraction of sp³-hybridized carbons (Fsp3) is 0.438. The smallest absolute Gasteiger partial charge is 0.250 e. The van der Waals surface area contributed by atoms with Crippen molar-refractivity contribution in [3.8, 4) is 5.75 Å². The summed E-state index contributed by atoms with van der Waals surface area (Å²) in [6.45, 7) is 6.82. The Balaban J connectivity index is 2.05. The lowest BCUT2D eigenvalue weighted by Crippen LogP contribution is -2.36. The van der Waals surface area contributed by atoms with Crippen molar-refractivity contribution in [1.82, 2.24) is 4.90 Å². The first kappa shape index (κ1) is 16.2. The number of rotatable bonds is 5. The van der Waals surface area contributed by atoms with Crippen molar-refractivity contribution in [3.63, 3.8) is 0 Å². The number of benzene rings is 1. The number of ether oxygens (including phenoxy) is 1. The maximum atomic E-state index is 12.1. The van der Waals surface area contributed by atoms with E-state index >= 15 is 0 Å². The lowest BCUT2D eigenvalue weighted by atomic mass is 10.0. The molecule has 0 aromatic heterocycles. The van der Waals surface area contributed by atoms with Crippen molar-refractivity contribution < 1.29 is 9.53 Å². The third-order valence-corrected chi connectivity index (χ3v) is 4.20. The van der Waals surface area contributed by atoms with Gasteiger partial charge in [0, 0.05) is 12.1 Å². The van der Waals surface area contributed by atoms with Crippen LogP contribution in [0.2, 0.25) is 10.0 Å². The molecule has 0 bridgehead atoms. The molecule has 3 nitrogen and oxygen atoms in total. The summed E-state index contributed by atoms with van der Waals surface area (Å²) in [6, 6.07) is 5.38. The molecule has 114 valence electrons. The van der Waals surface area contributed by atoms with Crippen LogP contribution >= 0.6 is 23.2 Å². The quantitative estimate of drug-likeness (QED) is 0.794. The first-order valence-corrected chi connectivity index (χ1v) is 7.77. The topological polar surface area (TPSA) is 29.5 Å².